The number of halogens is 3. The predicted molar refractivity (Wildman–Crippen MR) is 68.9 cm³/mol. The van der Waals surface area contributed by atoms with Crippen molar-refractivity contribution < 1.29 is 23.1 Å². The van der Waals surface area contributed by atoms with Gasteiger partial charge < -0.3 is 10.4 Å². The molecule has 6 heteroatoms. The van der Waals surface area contributed by atoms with Crippen LogP contribution in [-0.4, -0.2) is 17.6 Å². The Morgan fingerprint density at radius 2 is 2.05 bits per heavy atom. The van der Waals surface area contributed by atoms with Crippen LogP contribution >= 0.6 is 0 Å². The van der Waals surface area contributed by atoms with Crippen LogP contribution in [0, 0.1) is 5.41 Å². The number of nitrogens with one attached hydrogen (secondary N) is 1. The summed E-state index contributed by atoms with van der Waals surface area (Å²) in [5.41, 5.74) is -1.20. The van der Waals surface area contributed by atoms with E-state index < -0.39 is 23.3 Å². The van der Waals surface area contributed by atoms with E-state index in [0.29, 0.717) is 12.2 Å². The van der Waals surface area contributed by atoms with Gasteiger partial charge in [0.05, 0.1) is 11.1 Å². The SMILES string of the molecule is CCC1(CNc2ccc(C(F)(F)F)c(C(=O)O)c2)CC1. The quantitative estimate of drug-likeness (QED) is 0.860. The van der Waals surface area contributed by atoms with Crippen LogP contribution in [0.4, 0.5) is 18.9 Å². The van der Waals surface area contributed by atoms with Gasteiger partial charge in [-0.25, -0.2) is 4.79 Å². The van der Waals surface area contributed by atoms with Crippen molar-refractivity contribution in [2.45, 2.75) is 32.4 Å². The van der Waals surface area contributed by atoms with Crippen molar-refractivity contribution in [3.8, 4) is 0 Å². The topological polar surface area (TPSA) is 49.3 Å². The lowest BCUT2D eigenvalue weighted by molar-refractivity contribution is -0.138. The van der Waals surface area contributed by atoms with E-state index >= 15 is 0 Å². The van der Waals surface area contributed by atoms with Crippen LogP contribution in [0.25, 0.3) is 0 Å². The number of alkyl halides is 3. The highest BCUT2D eigenvalue weighted by molar-refractivity contribution is 5.91. The number of carboxylic acids is 1. The molecule has 0 spiro atoms. The number of carbonyl (C=O) groups is 1. The second-order valence-electron chi connectivity index (χ2n) is 5.27. The highest BCUT2D eigenvalue weighted by Crippen LogP contribution is 2.48. The van der Waals surface area contributed by atoms with Crippen molar-refractivity contribution in [3.63, 3.8) is 0 Å². The molecule has 110 valence electrons. The van der Waals surface area contributed by atoms with Crippen LogP contribution in [-0.2, 0) is 6.18 Å². The molecule has 0 radical (unpaired) electrons. The second-order valence-corrected chi connectivity index (χ2v) is 5.27. The third-order valence-electron chi connectivity index (χ3n) is 3.93. The number of hydrogen-bond acceptors (Lipinski definition) is 2. The predicted octanol–water partition coefficient (Wildman–Crippen LogP) is 4.01. The molecule has 1 aliphatic carbocycles. The first kappa shape index (κ1) is 14.7. The fourth-order valence-electron chi connectivity index (χ4n) is 2.20. The lowest BCUT2D eigenvalue weighted by Crippen LogP contribution is -2.16. The maximum Gasteiger partial charge on any atom is 0.417 e. The number of aromatic carboxylic acids is 1. The minimum atomic E-state index is -4.66. The summed E-state index contributed by atoms with van der Waals surface area (Å²) in [7, 11) is 0. The Morgan fingerprint density at radius 1 is 1.40 bits per heavy atom. The number of anilines is 1. The first-order valence-corrected chi connectivity index (χ1v) is 6.46. The van der Waals surface area contributed by atoms with Crippen LogP contribution in [0.5, 0.6) is 0 Å². The molecule has 0 heterocycles. The summed E-state index contributed by atoms with van der Waals surface area (Å²) in [5, 5.41) is 12.0. The Hall–Kier alpha value is -1.72. The van der Waals surface area contributed by atoms with Crippen LogP contribution in [0.2, 0.25) is 0 Å². The van der Waals surface area contributed by atoms with Gasteiger partial charge in [0.15, 0.2) is 0 Å². The average Bonchev–Trinajstić information content (AvgIpc) is 3.15. The molecule has 2 N–H and O–H groups in total. The Balaban J connectivity index is 2.20. The first-order chi connectivity index (χ1) is 9.27. The normalized spacial score (nSPS) is 16.8. The van der Waals surface area contributed by atoms with Crippen LogP contribution < -0.4 is 5.32 Å². The lowest BCUT2D eigenvalue weighted by Gasteiger charge is -2.16. The van der Waals surface area contributed by atoms with E-state index in [1.165, 1.54) is 6.07 Å². The van der Waals surface area contributed by atoms with Gasteiger partial charge in [0.25, 0.3) is 0 Å². The van der Waals surface area contributed by atoms with E-state index in [2.05, 4.69) is 12.2 Å². The summed E-state index contributed by atoms with van der Waals surface area (Å²) in [6.07, 6.45) is -1.45. The van der Waals surface area contributed by atoms with Crippen molar-refractivity contribution in [1.82, 2.24) is 0 Å². The molecule has 0 bridgehead atoms. The number of carboxylic acid groups (broad SMARTS) is 1. The Bertz CT molecular complexity index is 522. The maximum absolute atomic E-state index is 12.7. The highest BCUT2D eigenvalue weighted by atomic mass is 19.4. The molecular weight excluding hydrogens is 271 g/mol. The molecule has 2 rings (SSSR count). The van der Waals surface area contributed by atoms with E-state index in [0.717, 1.165) is 31.4 Å². The monoisotopic (exact) mass is 287 g/mol. The maximum atomic E-state index is 12.7. The summed E-state index contributed by atoms with van der Waals surface area (Å²) in [6.45, 7) is 2.73. The summed E-state index contributed by atoms with van der Waals surface area (Å²) >= 11 is 0. The molecule has 1 fully saturated rings. The molecule has 1 saturated carbocycles. The highest BCUT2D eigenvalue weighted by Gasteiger charge is 2.40. The average molecular weight is 287 g/mol. The third-order valence-corrected chi connectivity index (χ3v) is 3.93. The minimum absolute atomic E-state index is 0.228. The number of benzene rings is 1. The Morgan fingerprint density at radius 3 is 2.50 bits per heavy atom. The fourth-order valence-corrected chi connectivity index (χ4v) is 2.20. The van der Waals surface area contributed by atoms with E-state index in [1.54, 1.807) is 0 Å². The second kappa shape index (κ2) is 5.00. The van der Waals surface area contributed by atoms with E-state index in [1.807, 2.05) is 0 Å². The van der Waals surface area contributed by atoms with Gasteiger partial charge in [0, 0.05) is 12.2 Å². The van der Waals surface area contributed by atoms with E-state index in [9.17, 15) is 18.0 Å². The molecule has 0 saturated heterocycles. The Labute approximate surface area is 114 Å². The summed E-state index contributed by atoms with van der Waals surface area (Å²) < 4.78 is 38.1. The smallest absolute Gasteiger partial charge is 0.417 e. The molecule has 0 unspecified atom stereocenters. The van der Waals surface area contributed by atoms with E-state index in [4.69, 9.17) is 5.11 Å². The van der Waals surface area contributed by atoms with Gasteiger partial charge in [-0.05, 0) is 42.9 Å². The lowest BCUT2D eigenvalue weighted by atomic mass is 10.0. The summed E-state index contributed by atoms with van der Waals surface area (Å²) in [5.74, 6) is -1.57. The summed E-state index contributed by atoms with van der Waals surface area (Å²) in [6, 6.07) is 3.15. The molecule has 1 aromatic rings. The zero-order valence-electron chi connectivity index (χ0n) is 11.0. The van der Waals surface area contributed by atoms with Crippen LogP contribution in [0.3, 0.4) is 0 Å². The van der Waals surface area contributed by atoms with Crippen molar-refractivity contribution in [1.29, 1.82) is 0 Å². The molecule has 1 aromatic carbocycles. The third kappa shape index (κ3) is 3.05. The molecule has 0 atom stereocenters. The first-order valence-electron chi connectivity index (χ1n) is 6.46. The van der Waals surface area contributed by atoms with Gasteiger partial charge >= 0.3 is 12.1 Å². The molecule has 3 nitrogen and oxygen atoms in total. The zero-order chi connectivity index (χ0) is 15.0. The van der Waals surface area contributed by atoms with Crippen molar-refractivity contribution >= 4 is 11.7 Å². The largest absolute Gasteiger partial charge is 0.478 e. The molecule has 1 aliphatic rings. The number of hydrogen-bond donors (Lipinski definition) is 2. The van der Waals surface area contributed by atoms with Gasteiger partial charge in [-0.1, -0.05) is 6.92 Å². The van der Waals surface area contributed by atoms with Crippen LogP contribution in [0.1, 0.15) is 42.1 Å². The van der Waals surface area contributed by atoms with Gasteiger partial charge in [-0.15, -0.1) is 0 Å². The van der Waals surface area contributed by atoms with Gasteiger partial charge in [0.1, 0.15) is 0 Å². The van der Waals surface area contributed by atoms with Gasteiger partial charge in [-0.3, -0.25) is 0 Å². The molecule has 0 amide bonds. The summed E-state index contributed by atoms with van der Waals surface area (Å²) in [4.78, 5) is 11.0. The van der Waals surface area contributed by atoms with Gasteiger partial charge in [0.2, 0.25) is 0 Å². The molecule has 20 heavy (non-hydrogen) atoms. The molecule has 0 aliphatic heterocycles. The van der Waals surface area contributed by atoms with Gasteiger partial charge in [-0.2, -0.15) is 13.2 Å². The standard InChI is InChI=1S/C14H16F3NO2/c1-2-13(5-6-13)8-18-9-3-4-11(14(15,16)17)10(7-9)12(19)20/h3-4,7,18H,2,5-6,8H2,1H3,(H,19,20). The minimum Gasteiger partial charge on any atom is -0.478 e. The molecule has 0 aromatic heterocycles. The van der Waals surface area contributed by atoms with Crippen molar-refractivity contribution in [2.75, 3.05) is 11.9 Å². The van der Waals surface area contributed by atoms with E-state index in [-0.39, 0.29) is 5.41 Å². The van der Waals surface area contributed by atoms with Crippen molar-refractivity contribution in [3.05, 3.63) is 29.3 Å². The van der Waals surface area contributed by atoms with Crippen LogP contribution in [0.15, 0.2) is 18.2 Å². The Kier molecular flexibility index (Phi) is 3.67. The van der Waals surface area contributed by atoms with Crippen molar-refractivity contribution in [2.24, 2.45) is 5.41 Å². The molecular formula is C14H16F3NO2. The number of rotatable bonds is 5. The zero-order valence-corrected chi connectivity index (χ0v) is 11.0. The fraction of sp³-hybridized carbons (Fsp3) is 0.500.